The summed E-state index contributed by atoms with van der Waals surface area (Å²) in [5.74, 6) is 0.348. The average molecular weight is 363 g/mol. The molecule has 2 aliphatic rings. The zero-order valence-corrected chi connectivity index (χ0v) is 14.3. The number of sulfone groups is 1. The first-order valence-corrected chi connectivity index (χ1v) is 9.67. The second kappa shape index (κ2) is 6.31. The van der Waals surface area contributed by atoms with E-state index in [1.165, 1.54) is 36.8 Å². The summed E-state index contributed by atoms with van der Waals surface area (Å²) in [5.41, 5.74) is 0. The normalized spacial score (nSPS) is 20.1. The number of likely N-dealkylation sites (tertiary alicyclic amines) is 1. The molecule has 0 bridgehead atoms. The largest absolute Gasteiger partial charge is 0.486 e. The lowest BCUT2D eigenvalue weighted by atomic mass is 10.2. The highest BCUT2D eigenvalue weighted by molar-refractivity contribution is 7.91. The molecule has 0 radical (unpaired) electrons. The van der Waals surface area contributed by atoms with Crippen molar-refractivity contribution in [3.63, 3.8) is 0 Å². The van der Waals surface area contributed by atoms with Crippen molar-refractivity contribution in [2.45, 2.75) is 22.3 Å². The molecule has 0 N–H and O–H groups in total. The standard InChI is InChI=1S/C18H18FNO4S/c19-13-3-1-4-15(9-13)25(21,22)16-5-6-17-18(10-16)24-14(12-23-17)11-20-7-2-8-20/h1,3-6,9-10,14H,2,7-8,11-12H2/t14-/m1/s1. The Bertz CT molecular complexity index is 896. The predicted molar refractivity (Wildman–Crippen MR) is 89.3 cm³/mol. The van der Waals surface area contributed by atoms with Gasteiger partial charge in [-0.05, 0) is 49.8 Å². The summed E-state index contributed by atoms with van der Waals surface area (Å²) in [4.78, 5) is 2.25. The van der Waals surface area contributed by atoms with E-state index < -0.39 is 15.7 Å². The van der Waals surface area contributed by atoms with E-state index in [4.69, 9.17) is 9.47 Å². The first-order valence-electron chi connectivity index (χ1n) is 8.19. The van der Waals surface area contributed by atoms with Crippen molar-refractivity contribution < 1.29 is 22.3 Å². The van der Waals surface area contributed by atoms with E-state index in [1.807, 2.05) is 0 Å². The van der Waals surface area contributed by atoms with Crippen LogP contribution in [0.25, 0.3) is 0 Å². The molecule has 2 aromatic rings. The SMILES string of the molecule is O=S(=O)(c1cccc(F)c1)c1ccc2c(c1)O[C@H](CN1CCC1)CO2. The molecule has 2 aliphatic heterocycles. The Morgan fingerprint density at radius 3 is 2.60 bits per heavy atom. The molecular weight excluding hydrogens is 345 g/mol. The summed E-state index contributed by atoms with van der Waals surface area (Å²) in [6.45, 7) is 3.32. The van der Waals surface area contributed by atoms with Crippen LogP contribution in [0.1, 0.15) is 6.42 Å². The molecule has 1 atom stereocenters. The third-order valence-corrected chi connectivity index (χ3v) is 6.21. The molecule has 1 fully saturated rings. The summed E-state index contributed by atoms with van der Waals surface area (Å²) < 4.78 is 50.4. The van der Waals surface area contributed by atoms with Gasteiger partial charge in [-0.3, -0.25) is 4.90 Å². The third kappa shape index (κ3) is 3.21. The molecule has 2 heterocycles. The number of rotatable bonds is 4. The van der Waals surface area contributed by atoms with Crippen LogP contribution >= 0.6 is 0 Å². The highest BCUT2D eigenvalue weighted by Gasteiger charge is 2.27. The summed E-state index contributed by atoms with van der Waals surface area (Å²) in [7, 11) is -3.81. The molecule has 0 amide bonds. The van der Waals surface area contributed by atoms with E-state index in [-0.39, 0.29) is 15.9 Å². The van der Waals surface area contributed by atoms with E-state index in [1.54, 1.807) is 6.07 Å². The lowest BCUT2D eigenvalue weighted by Crippen LogP contribution is -2.46. The van der Waals surface area contributed by atoms with Crippen LogP contribution < -0.4 is 9.47 Å². The maximum atomic E-state index is 13.4. The van der Waals surface area contributed by atoms with Gasteiger partial charge in [0.1, 0.15) is 18.5 Å². The second-order valence-electron chi connectivity index (χ2n) is 6.27. The van der Waals surface area contributed by atoms with Gasteiger partial charge < -0.3 is 9.47 Å². The molecule has 0 aromatic heterocycles. The van der Waals surface area contributed by atoms with Crippen LogP contribution in [0.15, 0.2) is 52.3 Å². The first-order chi connectivity index (χ1) is 12.0. The Balaban J connectivity index is 1.61. The van der Waals surface area contributed by atoms with Gasteiger partial charge in [-0.25, -0.2) is 12.8 Å². The molecule has 0 aliphatic carbocycles. The number of ether oxygens (including phenoxy) is 2. The van der Waals surface area contributed by atoms with Crippen molar-refractivity contribution in [3.05, 3.63) is 48.3 Å². The van der Waals surface area contributed by atoms with Crippen molar-refractivity contribution >= 4 is 9.84 Å². The van der Waals surface area contributed by atoms with Gasteiger partial charge in [0.2, 0.25) is 9.84 Å². The van der Waals surface area contributed by atoms with Gasteiger partial charge in [0, 0.05) is 12.6 Å². The Hall–Kier alpha value is -2.12. The Labute approximate surface area is 145 Å². The topological polar surface area (TPSA) is 55.8 Å². The molecule has 132 valence electrons. The van der Waals surface area contributed by atoms with E-state index in [9.17, 15) is 12.8 Å². The predicted octanol–water partition coefficient (Wildman–Crippen LogP) is 2.50. The monoisotopic (exact) mass is 363 g/mol. The summed E-state index contributed by atoms with van der Waals surface area (Å²) in [6, 6.07) is 9.48. The minimum Gasteiger partial charge on any atom is -0.486 e. The van der Waals surface area contributed by atoms with Gasteiger partial charge in [0.15, 0.2) is 11.5 Å². The highest BCUT2D eigenvalue weighted by atomic mass is 32.2. The molecule has 7 heteroatoms. The molecule has 0 saturated carbocycles. The Morgan fingerprint density at radius 1 is 1.08 bits per heavy atom. The summed E-state index contributed by atoms with van der Waals surface area (Å²) >= 11 is 0. The lowest BCUT2D eigenvalue weighted by molar-refractivity contribution is 0.0401. The van der Waals surface area contributed by atoms with Crippen molar-refractivity contribution in [3.8, 4) is 11.5 Å². The van der Waals surface area contributed by atoms with Gasteiger partial charge in [-0.1, -0.05) is 6.07 Å². The number of nitrogens with zero attached hydrogens (tertiary/aromatic N) is 1. The van der Waals surface area contributed by atoms with E-state index >= 15 is 0 Å². The van der Waals surface area contributed by atoms with Crippen LogP contribution in [-0.2, 0) is 9.84 Å². The minimum atomic E-state index is -3.81. The van der Waals surface area contributed by atoms with E-state index in [2.05, 4.69) is 4.90 Å². The molecular formula is C18H18FNO4S. The fourth-order valence-electron chi connectivity index (χ4n) is 2.98. The van der Waals surface area contributed by atoms with Crippen molar-refractivity contribution in [1.82, 2.24) is 4.90 Å². The number of fused-ring (bicyclic) bond motifs is 1. The molecule has 5 nitrogen and oxygen atoms in total. The van der Waals surface area contributed by atoms with Crippen LogP contribution in [0.4, 0.5) is 4.39 Å². The van der Waals surface area contributed by atoms with Crippen molar-refractivity contribution in [2.75, 3.05) is 26.2 Å². The van der Waals surface area contributed by atoms with Gasteiger partial charge in [0.05, 0.1) is 9.79 Å². The quantitative estimate of drug-likeness (QED) is 0.835. The zero-order valence-electron chi connectivity index (χ0n) is 13.5. The minimum absolute atomic E-state index is 0.0602. The molecule has 2 aromatic carbocycles. The summed E-state index contributed by atoms with van der Waals surface area (Å²) in [5, 5.41) is 0. The van der Waals surface area contributed by atoms with Gasteiger partial charge in [0.25, 0.3) is 0 Å². The summed E-state index contributed by atoms with van der Waals surface area (Å²) in [6.07, 6.45) is 1.07. The Kier molecular flexibility index (Phi) is 4.13. The number of halogens is 1. The molecule has 25 heavy (non-hydrogen) atoms. The van der Waals surface area contributed by atoms with E-state index in [0.717, 1.165) is 25.7 Å². The molecule has 4 rings (SSSR count). The van der Waals surface area contributed by atoms with Crippen molar-refractivity contribution in [1.29, 1.82) is 0 Å². The van der Waals surface area contributed by atoms with Crippen LogP contribution in [0, 0.1) is 5.82 Å². The zero-order chi connectivity index (χ0) is 17.4. The van der Waals surface area contributed by atoms with E-state index in [0.29, 0.717) is 18.1 Å². The van der Waals surface area contributed by atoms with Crippen LogP contribution in [0.2, 0.25) is 0 Å². The van der Waals surface area contributed by atoms with Crippen LogP contribution in [0.5, 0.6) is 11.5 Å². The second-order valence-corrected chi connectivity index (χ2v) is 8.22. The van der Waals surface area contributed by atoms with Crippen LogP contribution in [-0.4, -0.2) is 45.7 Å². The van der Waals surface area contributed by atoms with Gasteiger partial charge in [-0.15, -0.1) is 0 Å². The molecule has 0 unspecified atom stereocenters. The fourth-order valence-corrected chi connectivity index (χ4v) is 4.28. The number of hydrogen-bond donors (Lipinski definition) is 0. The van der Waals surface area contributed by atoms with Crippen molar-refractivity contribution in [2.24, 2.45) is 0 Å². The smallest absolute Gasteiger partial charge is 0.206 e. The number of hydrogen-bond acceptors (Lipinski definition) is 5. The highest BCUT2D eigenvalue weighted by Crippen LogP contribution is 2.35. The third-order valence-electron chi connectivity index (χ3n) is 4.46. The van der Waals surface area contributed by atoms with Gasteiger partial charge >= 0.3 is 0 Å². The van der Waals surface area contributed by atoms with Gasteiger partial charge in [-0.2, -0.15) is 0 Å². The Morgan fingerprint density at radius 2 is 1.88 bits per heavy atom. The lowest BCUT2D eigenvalue weighted by Gasteiger charge is -2.35. The molecule has 1 saturated heterocycles. The maximum Gasteiger partial charge on any atom is 0.206 e. The average Bonchev–Trinajstić information content (AvgIpc) is 2.57. The first kappa shape index (κ1) is 16.4. The number of benzene rings is 2. The fraction of sp³-hybridized carbons (Fsp3) is 0.333. The maximum absolute atomic E-state index is 13.4. The van der Waals surface area contributed by atoms with Crippen LogP contribution in [0.3, 0.4) is 0 Å². The molecule has 0 spiro atoms.